The predicted molar refractivity (Wildman–Crippen MR) is 109 cm³/mol. The summed E-state index contributed by atoms with van der Waals surface area (Å²) in [5.41, 5.74) is 2.17. The molecule has 4 rings (SSSR count). The summed E-state index contributed by atoms with van der Waals surface area (Å²) >= 11 is 1.48. The number of rotatable bonds is 3. The Kier molecular flexibility index (Phi) is 4.62. The second-order valence-electron chi connectivity index (χ2n) is 7.01. The average Bonchev–Trinajstić information content (AvgIpc) is 3.22. The molecule has 0 spiro atoms. The third-order valence-electron chi connectivity index (χ3n) is 4.83. The van der Waals surface area contributed by atoms with Crippen LogP contribution in [-0.2, 0) is 16.9 Å². The molecule has 1 aliphatic rings. The number of carbonyl (C=O) groups is 1. The molecule has 1 saturated heterocycles. The van der Waals surface area contributed by atoms with Gasteiger partial charge < -0.3 is 9.80 Å². The zero-order valence-corrected chi connectivity index (χ0v) is 17.5. The molecule has 148 valence electrons. The van der Waals surface area contributed by atoms with Crippen LogP contribution in [0.2, 0.25) is 0 Å². The molecule has 0 radical (unpaired) electrons. The first-order valence-electron chi connectivity index (χ1n) is 8.87. The van der Waals surface area contributed by atoms with Crippen molar-refractivity contribution >= 4 is 42.4 Å². The summed E-state index contributed by atoms with van der Waals surface area (Å²) < 4.78 is 26.0. The first-order chi connectivity index (χ1) is 13.2. The fraction of sp³-hybridized carbons (Fsp3) is 0.389. The molecule has 1 aromatic carbocycles. The maximum Gasteiger partial charge on any atom is 0.274 e. The van der Waals surface area contributed by atoms with E-state index < -0.39 is 9.84 Å². The number of benzene rings is 1. The summed E-state index contributed by atoms with van der Waals surface area (Å²) in [6.07, 6.45) is 3.05. The highest BCUT2D eigenvalue weighted by Gasteiger charge is 2.26. The van der Waals surface area contributed by atoms with Crippen molar-refractivity contribution in [1.29, 1.82) is 0 Å². The van der Waals surface area contributed by atoms with Crippen LogP contribution in [0.25, 0.3) is 10.2 Å². The fourth-order valence-electron chi connectivity index (χ4n) is 3.33. The van der Waals surface area contributed by atoms with Gasteiger partial charge in [-0.25, -0.2) is 13.4 Å². The number of carbonyl (C=O) groups excluding carboxylic acids is 1. The topological polar surface area (TPSA) is 88.4 Å². The summed E-state index contributed by atoms with van der Waals surface area (Å²) in [4.78, 5) is 21.6. The molecule has 3 heterocycles. The maximum atomic E-state index is 12.7. The van der Waals surface area contributed by atoms with Crippen molar-refractivity contribution in [2.24, 2.45) is 7.05 Å². The molecule has 3 aromatic rings. The Labute approximate surface area is 167 Å². The number of aryl methyl sites for hydroxylation is 2. The third kappa shape index (κ3) is 3.49. The van der Waals surface area contributed by atoms with E-state index in [-0.39, 0.29) is 5.91 Å². The van der Waals surface area contributed by atoms with E-state index in [0.717, 1.165) is 20.9 Å². The van der Waals surface area contributed by atoms with E-state index in [2.05, 4.69) is 15.0 Å². The Morgan fingerprint density at radius 1 is 1.18 bits per heavy atom. The minimum atomic E-state index is -3.24. The monoisotopic (exact) mass is 419 g/mol. The van der Waals surface area contributed by atoms with Crippen LogP contribution in [0.1, 0.15) is 16.1 Å². The van der Waals surface area contributed by atoms with E-state index in [4.69, 9.17) is 0 Å². The lowest BCUT2D eigenvalue weighted by Crippen LogP contribution is -2.49. The molecule has 0 bridgehead atoms. The molecule has 0 saturated carbocycles. The highest BCUT2D eigenvalue weighted by atomic mass is 32.2. The Morgan fingerprint density at radius 3 is 2.50 bits per heavy atom. The van der Waals surface area contributed by atoms with Crippen molar-refractivity contribution in [2.45, 2.75) is 11.8 Å². The smallest absolute Gasteiger partial charge is 0.274 e. The zero-order valence-electron chi connectivity index (χ0n) is 15.9. The van der Waals surface area contributed by atoms with Crippen LogP contribution in [0, 0.1) is 6.92 Å². The van der Waals surface area contributed by atoms with Crippen LogP contribution in [0.5, 0.6) is 0 Å². The Morgan fingerprint density at radius 2 is 1.89 bits per heavy atom. The first-order valence-corrected chi connectivity index (χ1v) is 11.6. The molecular formula is C18H21N5O3S2. The van der Waals surface area contributed by atoms with Crippen LogP contribution in [-0.4, -0.2) is 66.4 Å². The summed E-state index contributed by atoms with van der Waals surface area (Å²) in [5.74, 6) is -0.0418. The number of aromatic nitrogens is 3. The number of thiazole rings is 1. The van der Waals surface area contributed by atoms with Crippen molar-refractivity contribution < 1.29 is 13.2 Å². The first kappa shape index (κ1) is 18.9. The molecule has 8 nitrogen and oxygen atoms in total. The number of nitrogens with zero attached hydrogens (tertiary/aromatic N) is 5. The molecular weight excluding hydrogens is 398 g/mol. The SMILES string of the molecule is Cc1cn(C)nc1C(=O)N1CCN(c2nc3ccc(S(C)(=O)=O)cc3s2)CC1. The molecule has 28 heavy (non-hydrogen) atoms. The van der Waals surface area contributed by atoms with Crippen LogP contribution >= 0.6 is 11.3 Å². The Balaban J connectivity index is 1.49. The molecule has 0 unspecified atom stereocenters. The Hall–Kier alpha value is -2.46. The van der Waals surface area contributed by atoms with E-state index >= 15 is 0 Å². The molecule has 0 aliphatic carbocycles. The summed E-state index contributed by atoms with van der Waals surface area (Å²) in [5, 5.41) is 5.12. The van der Waals surface area contributed by atoms with Crippen molar-refractivity contribution in [3.63, 3.8) is 0 Å². The van der Waals surface area contributed by atoms with E-state index in [1.165, 1.54) is 17.6 Å². The lowest BCUT2D eigenvalue weighted by Gasteiger charge is -2.34. The minimum Gasteiger partial charge on any atom is -0.345 e. The van der Waals surface area contributed by atoms with Gasteiger partial charge >= 0.3 is 0 Å². The lowest BCUT2D eigenvalue weighted by atomic mass is 10.2. The van der Waals surface area contributed by atoms with Gasteiger partial charge in [-0.15, -0.1) is 0 Å². The molecule has 1 amide bonds. The standard InChI is InChI=1S/C18H21N5O3S2/c1-12-11-21(2)20-16(12)17(24)22-6-8-23(9-7-22)18-19-14-5-4-13(28(3,25)26)10-15(14)27-18/h4-5,10-11H,6-9H2,1-3H3. The van der Waals surface area contributed by atoms with Gasteiger partial charge in [-0.1, -0.05) is 11.3 Å². The number of piperazine rings is 1. The Bertz CT molecular complexity index is 1160. The maximum absolute atomic E-state index is 12.7. The molecule has 2 aromatic heterocycles. The van der Waals surface area contributed by atoms with E-state index in [1.807, 2.05) is 25.1 Å². The molecule has 1 aliphatic heterocycles. The number of hydrogen-bond acceptors (Lipinski definition) is 7. The van der Waals surface area contributed by atoms with E-state index in [9.17, 15) is 13.2 Å². The zero-order chi connectivity index (χ0) is 20.1. The van der Waals surface area contributed by atoms with Crippen molar-refractivity contribution in [3.8, 4) is 0 Å². The normalized spacial score (nSPS) is 15.4. The van der Waals surface area contributed by atoms with Crippen molar-refractivity contribution in [1.82, 2.24) is 19.7 Å². The number of fused-ring (bicyclic) bond motifs is 1. The number of hydrogen-bond donors (Lipinski definition) is 0. The highest BCUT2D eigenvalue weighted by molar-refractivity contribution is 7.90. The lowest BCUT2D eigenvalue weighted by molar-refractivity contribution is 0.0739. The van der Waals surface area contributed by atoms with Crippen LogP contribution in [0.15, 0.2) is 29.3 Å². The highest BCUT2D eigenvalue weighted by Crippen LogP contribution is 2.31. The summed E-state index contributed by atoms with van der Waals surface area (Å²) in [6, 6.07) is 5.01. The van der Waals surface area contributed by atoms with Gasteiger partial charge in [0.2, 0.25) is 0 Å². The number of sulfone groups is 1. The quantitative estimate of drug-likeness (QED) is 0.642. The van der Waals surface area contributed by atoms with Crippen LogP contribution < -0.4 is 4.90 Å². The van der Waals surface area contributed by atoms with Gasteiger partial charge in [-0.2, -0.15) is 5.10 Å². The van der Waals surface area contributed by atoms with Gasteiger partial charge in [0.15, 0.2) is 20.7 Å². The molecule has 0 N–H and O–H groups in total. The second-order valence-corrected chi connectivity index (χ2v) is 10.0. The van der Waals surface area contributed by atoms with Gasteiger partial charge in [-0.3, -0.25) is 9.48 Å². The van der Waals surface area contributed by atoms with Gasteiger partial charge in [0.1, 0.15) is 0 Å². The number of amides is 1. The van der Waals surface area contributed by atoms with Gasteiger partial charge in [0, 0.05) is 51.2 Å². The van der Waals surface area contributed by atoms with Crippen LogP contribution in [0.4, 0.5) is 5.13 Å². The summed E-state index contributed by atoms with van der Waals surface area (Å²) in [6.45, 7) is 4.44. The van der Waals surface area contributed by atoms with Gasteiger partial charge in [0.05, 0.1) is 15.1 Å². The molecule has 10 heteroatoms. The van der Waals surface area contributed by atoms with Crippen LogP contribution in [0.3, 0.4) is 0 Å². The van der Waals surface area contributed by atoms with Crippen molar-refractivity contribution in [3.05, 3.63) is 35.7 Å². The molecule has 1 fully saturated rings. The van der Waals surface area contributed by atoms with Gasteiger partial charge in [-0.05, 0) is 25.1 Å². The van der Waals surface area contributed by atoms with E-state index in [0.29, 0.717) is 36.8 Å². The van der Waals surface area contributed by atoms with Gasteiger partial charge in [0.25, 0.3) is 5.91 Å². The number of anilines is 1. The average molecular weight is 420 g/mol. The largest absolute Gasteiger partial charge is 0.345 e. The van der Waals surface area contributed by atoms with Crippen molar-refractivity contribution in [2.75, 3.05) is 37.3 Å². The summed E-state index contributed by atoms with van der Waals surface area (Å²) in [7, 11) is -1.43. The molecule has 0 atom stereocenters. The predicted octanol–water partition coefficient (Wildman–Crippen LogP) is 1.70. The van der Waals surface area contributed by atoms with E-state index in [1.54, 1.807) is 22.9 Å². The minimum absolute atomic E-state index is 0.0418. The fourth-order valence-corrected chi connectivity index (χ4v) is 5.11. The third-order valence-corrected chi connectivity index (χ3v) is 7.02. The second kappa shape index (κ2) is 6.85.